The molecule has 0 fully saturated rings. The first-order valence-electron chi connectivity index (χ1n) is 5.47. The largest absolute Gasteiger partial charge is 0.495 e. The van der Waals surface area contributed by atoms with Crippen molar-refractivity contribution in [2.45, 2.75) is 0 Å². The smallest absolute Gasteiger partial charge is 0.196 e. The first-order chi connectivity index (χ1) is 9.04. The van der Waals surface area contributed by atoms with Gasteiger partial charge in [-0.1, -0.05) is 35.3 Å². The topological polar surface area (TPSA) is 52.3 Å². The van der Waals surface area contributed by atoms with Gasteiger partial charge in [0.05, 0.1) is 17.2 Å². The molecule has 0 saturated carbocycles. The number of ether oxygens (including phenoxy) is 1. The molecule has 0 unspecified atom stereocenters. The molecule has 2 aromatic carbocycles. The van der Waals surface area contributed by atoms with E-state index in [1.54, 1.807) is 24.3 Å². The Balaban J connectivity index is 2.53. The number of methoxy groups -OCH3 is 1. The number of halogens is 2. The van der Waals surface area contributed by atoms with Crippen LogP contribution in [0.5, 0.6) is 5.75 Å². The van der Waals surface area contributed by atoms with Crippen molar-refractivity contribution in [3.8, 4) is 5.75 Å². The Labute approximate surface area is 120 Å². The molecule has 19 heavy (non-hydrogen) atoms. The van der Waals surface area contributed by atoms with E-state index in [0.717, 1.165) is 0 Å². The summed E-state index contributed by atoms with van der Waals surface area (Å²) in [6.45, 7) is 0. The number of benzene rings is 2. The molecule has 0 aliphatic rings. The fraction of sp³-hybridized carbons (Fsp3) is 0.0714. The summed E-state index contributed by atoms with van der Waals surface area (Å²) in [6.07, 6.45) is 0. The number of nitrogen functional groups attached to an aromatic ring is 1. The molecule has 0 heterocycles. The van der Waals surface area contributed by atoms with Crippen molar-refractivity contribution in [2.75, 3.05) is 12.8 Å². The monoisotopic (exact) mass is 295 g/mol. The van der Waals surface area contributed by atoms with Gasteiger partial charge < -0.3 is 10.5 Å². The van der Waals surface area contributed by atoms with Gasteiger partial charge in [-0.25, -0.2) is 0 Å². The number of anilines is 1. The number of carbonyl (C=O) groups excluding carboxylic acids is 1. The third-order valence-corrected chi connectivity index (χ3v) is 3.31. The summed E-state index contributed by atoms with van der Waals surface area (Å²) in [7, 11) is 1.47. The maximum atomic E-state index is 12.4. The minimum atomic E-state index is -0.266. The van der Waals surface area contributed by atoms with Crippen molar-refractivity contribution in [3.63, 3.8) is 0 Å². The van der Waals surface area contributed by atoms with E-state index in [2.05, 4.69) is 0 Å². The molecule has 2 N–H and O–H groups in total. The second-order valence-electron chi connectivity index (χ2n) is 3.88. The van der Waals surface area contributed by atoms with Gasteiger partial charge in [-0.3, -0.25) is 4.79 Å². The van der Waals surface area contributed by atoms with Gasteiger partial charge in [0, 0.05) is 16.8 Å². The van der Waals surface area contributed by atoms with Crippen molar-refractivity contribution in [2.24, 2.45) is 0 Å². The third-order valence-electron chi connectivity index (χ3n) is 2.69. The number of hydrogen-bond donors (Lipinski definition) is 1. The molecule has 0 aromatic heterocycles. The molecule has 98 valence electrons. The first kappa shape index (κ1) is 13.7. The number of carbonyl (C=O) groups is 1. The second kappa shape index (κ2) is 5.51. The van der Waals surface area contributed by atoms with Crippen LogP contribution in [0.4, 0.5) is 5.69 Å². The Hall–Kier alpha value is -1.71. The molecule has 2 aromatic rings. The fourth-order valence-corrected chi connectivity index (χ4v) is 2.18. The fourth-order valence-electron chi connectivity index (χ4n) is 1.71. The molecule has 0 aliphatic carbocycles. The Kier molecular flexibility index (Phi) is 3.98. The highest BCUT2D eigenvalue weighted by atomic mass is 35.5. The van der Waals surface area contributed by atoms with E-state index in [-0.39, 0.29) is 11.5 Å². The van der Waals surface area contributed by atoms with E-state index in [4.69, 9.17) is 33.7 Å². The molecule has 0 radical (unpaired) electrons. The molecular formula is C14H11Cl2NO2. The SMILES string of the molecule is COc1cc(C(=O)c2ccccc2Cl)c(N)cc1Cl. The summed E-state index contributed by atoms with van der Waals surface area (Å²) in [4.78, 5) is 12.4. The van der Waals surface area contributed by atoms with Crippen molar-refractivity contribution in [1.29, 1.82) is 0 Å². The Morgan fingerprint density at radius 3 is 2.42 bits per heavy atom. The lowest BCUT2D eigenvalue weighted by atomic mass is 10.0. The molecule has 0 spiro atoms. The zero-order valence-corrected chi connectivity index (χ0v) is 11.6. The molecule has 2 rings (SSSR count). The summed E-state index contributed by atoms with van der Waals surface area (Å²) in [5, 5.41) is 0.733. The minimum absolute atomic E-state index is 0.266. The minimum Gasteiger partial charge on any atom is -0.495 e. The van der Waals surface area contributed by atoms with Crippen LogP contribution in [0.1, 0.15) is 15.9 Å². The number of ketones is 1. The van der Waals surface area contributed by atoms with E-state index in [1.807, 2.05) is 0 Å². The highest BCUT2D eigenvalue weighted by Gasteiger charge is 2.17. The highest BCUT2D eigenvalue weighted by Crippen LogP contribution is 2.31. The standard InChI is InChI=1S/C14H11Cl2NO2/c1-19-13-6-9(12(17)7-11(13)16)14(18)8-4-2-3-5-10(8)15/h2-7H,17H2,1H3. The molecule has 0 aliphatic heterocycles. The highest BCUT2D eigenvalue weighted by molar-refractivity contribution is 6.35. The van der Waals surface area contributed by atoms with Crippen LogP contribution in [0.3, 0.4) is 0 Å². The van der Waals surface area contributed by atoms with Crippen LogP contribution >= 0.6 is 23.2 Å². The third kappa shape index (κ3) is 2.67. The predicted molar refractivity (Wildman–Crippen MR) is 77.3 cm³/mol. The van der Waals surface area contributed by atoms with Gasteiger partial charge >= 0.3 is 0 Å². The van der Waals surface area contributed by atoms with Gasteiger partial charge in [0.15, 0.2) is 5.78 Å². The maximum Gasteiger partial charge on any atom is 0.196 e. The van der Waals surface area contributed by atoms with Gasteiger partial charge in [-0.2, -0.15) is 0 Å². The summed E-state index contributed by atoms with van der Waals surface area (Å²) >= 11 is 11.9. The normalized spacial score (nSPS) is 10.3. The number of rotatable bonds is 3. The van der Waals surface area contributed by atoms with E-state index < -0.39 is 0 Å². The van der Waals surface area contributed by atoms with Crippen LogP contribution in [-0.4, -0.2) is 12.9 Å². The summed E-state index contributed by atoms with van der Waals surface area (Å²) in [6, 6.07) is 9.80. The van der Waals surface area contributed by atoms with E-state index in [9.17, 15) is 4.79 Å². The van der Waals surface area contributed by atoms with Crippen LogP contribution < -0.4 is 10.5 Å². The van der Waals surface area contributed by atoms with Crippen molar-refractivity contribution in [3.05, 3.63) is 57.6 Å². The van der Waals surface area contributed by atoms with Crippen molar-refractivity contribution < 1.29 is 9.53 Å². The molecule has 0 atom stereocenters. The molecular weight excluding hydrogens is 285 g/mol. The lowest BCUT2D eigenvalue weighted by Gasteiger charge is -2.10. The van der Waals surface area contributed by atoms with Crippen molar-refractivity contribution >= 4 is 34.7 Å². The van der Waals surface area contributed by atoms with Gasteiger partial charge in [-0.05, 0) is 24.3 Å². The zero-order chi connectivity index (χ0) is 14.0. The molecule has 0 amide bonds. The predicted octanol–water partition coefficient (Wildman–Crippen LogP) is 3.82. The van der Waals surface area contributed by atoms with Gasteiger partial charge in [0.1, 0.15) is 5.75 Å². The Bertz CT molecular complexity index is 641. The van der Waals surface area contributed by atoms with Gasteiger partial charge in [0.2, 0.25) is 0 Å². The Morgan fingerprint density at radius 1 is 1.11 bits per heavy atom. The molecule has 0 saturated heterocycles. The van der Waals surface area contributed by atoms with E-state index in [0.29, 0.717) is 26.9 Å². The number of nitrogens with two attached hydrogens (primary N) is 1. The summed E-state index contributed by atoms with van der Waals surface area (Å²) in [5.74, 6) is 0.129. The second-order valence-corrected chi connectivity index (χ2v) is 4.70. The van der Waals surface area contributed by atoms with Crippen LogP contribution in [-0.2, 0) is 0 Å². The zero-order valence-electron chi connectivity index (χ0n) is 10.1. The van der Waals surface area contributed by atoms with Gasteiger partial charge in [-0.15, -0.1) is 0 Å². The summed E-state index contributed by atoms with van der Waals surface area (Å²) in [5.41, 5.74) is 6.82. The van der Waals surface area contributed by atoms with E-state index in [1.165, 1.54) is 19.2 Å². The van der Waals surface area contributed by atoms with Gasteiger partial charge in [0.25, 0.3) is 0 Å². The molecule has 0 bridgehead atoms. The van der Waals surface area contributed by atoms with Crippen LogP contribution in [0, 0.1) is 0 Å². The Morgan fingerprint density at radius 2 is 1.79 bits per heavy atom. The van der Waals surface area contributed by atoms with Crippen LogP contribution in [0.2, 0.25) is 10.0 Å². The average molecular weight is 296 g/mol. The lowest BCUT2D eigenvalue weighted by Crippen LogP contribution is -2.06. The maximum absolute atomic E-state index is 12.4. The molecule has 3 nitrogen and oxygen atoms in total. The van der Waals surface area contributed by atoms with Crippen LogP contribution in [0.25, 0.3) is 0 Å². The summed E-state index contributed by atoms with van der Waals surface area (Å²) < 4.78 is 5.08. The number of hydrogen-bond acceptors (Lipinski definition) is 3. The van der Waals surface area contributed by atoms with E-state index >= 15 is 0 Å². The lowest BCUT2D eigenvalue weighted by molar-refractivity contribution is 0.103. The van der Waals surface area contributed by atoms with Crippen molar-refractivity contribution in [1.82, 2.24) is 0 Å². The average Bonchev–Trinajstić information content (AvgIpc) is 2.39. The van der Waals surface area contributed by atoms with Crippen LogP contribution in [0.15, 0.2) is 36.4 Å². The molecule has 5 heteroatoms. The quantitative estimate of drug-likeness (QED) is 0.692. The first-order valence-corrected chi connectivity index (χ1v) is 6.22.